The number of hydrogen-bond acceptors (Lipinski definition) is 14. The number of carbonyl (C=O) groups is 5. The van der Waals surface area contributed by atoms with Crippen LogP contribution in [-0.4, -0.2) is 74.0 Å². The number of rotatable bonds is 9. The van der Waals surface area contributed by atoms with E-state index in [1.165, 1.54) is 36.5 Å². The number of esters is 2. The molecule has 16 nitrogen and oxygen atoms in total. The Balaban J connectivity index is 0.000000229. The standard InChI is InChI=1S/C19H17Cl2NO4.C12H13N5O6S2/c1-2-26-19(25)16(21)10-11-9-12(7-8-15(11)20)22-17(23)13-5-3-4-6-14(13)18(22)24;1-6-13-10(16-12(14-6)23-3)15-11(19)17-25(20,21)7-4-5-24-8(7)9(18)22-2/h7-10H,2-6H2,1H3;4-5H,1-3H3,(H2,13,14,15,16,17,19)/b16-10-;. The molecule has 1 aliphatic heterocycles. The number of aromatic nitrogens is 3. The van der Waals surface area contributed by atoms with Crippen LogP contribution in [0.2, 0.25) is 5.02 Å². The van der Waals surface area contributed by atoms with E-state index in [1.807, 2.05) is 0 Å². The Bertz CT molecular complexity index is 2040. The molecular formula is C31H30Cl2N6O10S2. The van der Waals surface area contributed by atoms with E-state index in [9.17, 15) is 32.4 Å². The number of hydrogen-bond donors (Lipinski definition) is 2. The Hall–Kier alpha value is -4.91. The second-order valence-electron chi connectivity index (χ2n) is 10.4. The molecule has 0 spiro atoms. The first-order valence-corrected chi connectivity index (χ1v) is 18.0. The van der Waals surface area contributed by atoms with Crippen molar-refractivity contribution >= 4 is 92.1 Å². The van der Waals surface area contributed by atoms with E-state index >= 15 is 0 Å². The molecular weight excluding hydrogens is 751 g/mol. The van der Waals surface area contributed by atoms with Gasteiger partial charge < -0.3 is 14.2 Å². The number of carbonyl (C=O) groups excluding carboxylic acids is 5. The van der Waals surface area contributed by atoms with E-state index in [-0.39, 0.29) is 51.0 Å². The summed E-state index contributed by atoms with van der Waals surface area (Å²) in [5.41, 5.74) is 2.04. The van der Waals surface area contributed by atoms with Crippen LogP contribution in [0.1, 0.15) is 53.7 Å². The lowest BCUT2D eigenvalue weighted by Crippen LogP contribution is -2.35. The van der Waals surface area contributed by atoms with Crippen molar-refractivity contribution in [3.05, 3.63) is 67.1 Å². The van der Waals surface area contributed by atoms with Gasteiger partial charge in [0.15, 0.2) is 0 Å². The van der Waals surface area contributed by atoms with Gasteiger partial charge in [0, 0.05) is 16.2 Å². The average Bonchev–Trinajstić information content (AvgIpc) is 3.69. The van der Waals surface area contributed by atoms with Gasteiger partial charge in [-0.15, -0.1) is 11.3 Å². The molecule has 270 valence electrons. The zero-order valence-corrected chi connectivity index (χ0v) is 30.6. The molecule has 5 rings (SSSR count). The van der Waals surface area contributed by atoms with Crippen molar-refractivity contribution in [1.29, 1.82) is 0 Å². The summed E-state index contributed by atoms with van der Waals surface area (Å²) < 4.78 is 40.5. The Kier molecular flexibility index (Phi) is 12.9. The van der Waals surface area contributed by atoms with Gasteiger partial charge in [-0.25, -0.2) is 32.4 Å². The third-order valence-electron chi connectivity index (χ3n) is 7.03. The number of urea groups is 1. The normalized spacial score (nSPS) is 14.3. The van der Waals surface area contributed by atoms with Crippen LogP contribution in [0, 0.1) is 6.92 Å². The van der Waals surface area contributed by atoms with E-state index in [0.717, 1.165) is 31.3 Å². The minimum absolute atomic E-state index is 0.0449. The number of sulfonamides is 1. The molecule has 1 aliphatic carbocycles. The molecule has 1 aromatic carbocycles. The first-order chi connectivity index (χ1) is 24.2. The fourth-order valence-electron chi connectivity index (χ4n) is 4.81. The van der Waals surface area contributed by atoms with Crippen molar-refractivity contribution in [1.82, 2.24) is 19.7 Å². The average molecular weight is 782 g/mol. The van der Waals surface area contributed by atoms with Crippen molar-refractivity contribution in [2.45, 2.75) is 44.4 Å². The van der Waals surface area contributed by atoms with Gasteiger partial charge in [0.1, 0.15) is 20.6 Å². The van der Waals surface area contributed by atoms with Crippen molar-refractivity contribution in [2.24, 2.45) is 0 Å². The van der Waals surface area contributed by atoms with Crippen LogP contribution in [0.5, 0.6) is 6.01 Å². The maximum atomic E-state index is 12.7. The second kappa shape index (κ2) is 16.9. The maximum Gasteiger partial charge on any atom is 0.349 e. The number of thiophene rings is 1. The van der Waals surface area contributed by atoms with E-state index in [4.69, 9.17) is 32.7 Å². The van der Waals surface area contributed by atoms with Crippen LogP contribution in [0.3, 0.4) is 0 Å². The highest BCUT2D eigenvalue weighted by Crippen LogP contribution is 2.37. The number of benzene rings is 1. The highest BCUT2D eigenvalue weighted by Gasteiger charge is 2.39. The molecule has 0 atom stereocenters. The Morgan fingerprint density at radius 3 is 2.31 bits per heavy atom. The molecule has 4 amide bonds. The van der Waals surface area contributed by atoms with Gasteiger partial charge in [-0.2, -0.15) is 15.0 Å². The molecule has 2 aliphatic rings. The summed E-state index contributed by atoms with van der Waals surface area (Å²) in [5.74, 6) is -1.99. The zero-order valence-electron chi connectivity index (χ0n) is 27.4. The molecule has 0 fully saturated rings. The minimum atomic E-state index is -4.30. The number of aryl methyl sites for hydroxylation is 1. The number of nitrogens with one attached hydrogen (secondary N) is 2. The first kappa shape index (κ1) is 38.9. The number of halogens is 2. The summed E-state index contributed by atoms with van der Waals surface area (Å²) in [7, 11) is -1.86. The molecule has 0 radical (unpaired) electrons. The summed E-state index contributed by atoms with van der Waals surface area (Å²) in [5, 5.41) is 3.75. The molecule has 2 N–H and O–H groups in total. The molecule has 3 heterocycles. The van der Waals surface area contributed by atoms with Gasteiger partial charge in [-0.1, -0.05) is 23.2 Å². The SMILES string of the molecule is CCOC(=O)/C(Cl)=C/c1cc(N2C(=O)C3=C(CCCC3)C2=O)ccc1Cl.COC(=O)c1sccc1S(=O)(=O)NC(=O)Nc1nc(C)nc(OC)n1. The van der Waals surface area contributed by atoms with Crippen molar-refractivity contribution in [3.63, 3.8) is 0 Å². The topological polar surface area (TPSA) is 213 Å². The lowest BCUT2D eigenvalue weighted by molar-refractivity contribution is -0.137. The maximum absolute atomic E-state index is 12.7. The smallest absolute Gasteiger partial charge is 0.349 e. The van der Waals surface area contributed by atoms with Gasteiger partial charge in [-0.3, -0.25) is 14.9 Å². The van der Waals surface area contributed by atoms with Gasteiger partial charge >= 0.3 is 24.0 Å². The number of nitrogens with zero attached hydrogens (tertiary/aromatic N) is 4. The predicted molar refractivity (Wildman–Crippen MR) is 186 cm³/mol. The monoisotopic (exact) mass is 780 g/mol. The van der Waals surface area contributed by atoms with Crippen LogP contribution < -0.4 is 19.7 Å². The molecule has 2 aromatic heterocycles. The molecule has 3 aromatic rings. The van der Waals surface area contributed by atoms with E-state index in [0.29, 0.717) is 40.3 Å². The third-order valence-corrected chi connectivity index (χ3v) is 10.0. The van der Waals surface area contributed by atoms with Crippen molar-refractivity contribution in [3.8, 4) is 6.01 Å². The van der Waals surface area contributed by atoms with Gasteiger partial charge in [0.05, 0.1) is 26.5 Å². The van der Waals surface area contributed by atoms with Crippen LogP contribution in [-0.2, 0) is 33.9 Å². The van der Waals surface area contributed by atoms with Gasteiger partial charge in [0.2, 0.25) is 5.95 Å². The van der Waals surface area contributed by atoms with E-state index in [2.05, 4.69) is 25.0 Å². The summed E-state index contributed by atoms with van der Waals surface area (Å²) in [6.45, 7) is 3.41. The highest BCUT2D eigenvalue weighted by atomic mass is 35.5. The number of imide groups is 1. The quantitative estimate of drug-likeness (QED) is 0.170. The second-order valence-corrected chi connectivity index (χ2v) is 13.8. The van der Waals surface area contributed by atoms with Crippen LogP contribution in [0.25, 0.3) is 6.08 Å². The number of ether oxygens (including phenoxy) is 3. The molecule has 0 saturated carbocycles. The first-order valence-electron chi connectivity index (χ1n) is 14.9. The molecule has 0 bridgehead atoms. The fraction of sp³-hybridized carbons (Fsp3) is 0.290. The Morgan fingerprint density at radius 1 is 1.04 bits per heavy atom. The summed E-state index contributed by atoms with van der Waals surface area (Å²) in [6, 6.07) is 4.76. The minimum Gasteiger partial charge on any atom is -0.467 e. The third kappa shape index (κ3) is 9.26. The number of anilines is 2. The zero-order chi connectivity index (χ0) is 37.5. The van der Waals surface area contributed by atoms with E-state index < -0.39 is 28.0 Å². The summed E-state index contributed by atoms with van der Waals surface area (Å²) >= 11 is 13.0. The lowest BCUT2D eigenvalue weighted by atomic mass is 9.93. The van der Waals surface area contributed by atoms with Gasteiger partial charge in [-0.05, 0) is 80.8 Å². The summed E-state index contributed by atoms with van der Waals surface area (Å²) in [4.78, 5) is 72.6. The molecule has 51 heavy (non-hydrogen) atoms. The predicted octanol–water partition coefficient (Wildman–Crippen LogP) is 4.77. The molecule has 0 unspecified atom stereocenters. The molecule has 20 heteroatoms. The Labute approximate surface area is 305 Å². The highest BCUT2D eigenvalue weighted by molar-refractivity contribution is 7.90. The number of methoxy groups -OCH3 is 2. The van der Waals surface area contributed by atoms with Crippen LogP contribution in [0.4, 0.5) is 16.4 Å². The van der Waals surface area contributed by atoms with Crippen molar-refractivity contribution < 1.29 is 46.6 Å². The van der Waals surface area contributed by atoms with Crippen molar-refractivity contribution in [2.75, 3.05) is 31.0 Å². The largest absolute Gasteiger partial charge is 0.467 e. The van der Waals surface area contributed by atoms with Crippen LogP contribution in [0.15, 0.2) is 50.7 Å². The fourth-order valence-corrected chi connectivity index (χ4v) is 7.40. The van der Waals surface area contributed by atoms with Gasteiger partial charge in [0.25, 0.3) is 21.8 Å². The molecule has 0 saturated heterocycles. The Morgan fingerprint density at radius 2 is 1.71 bits per heavy atom. The lowest BCUT2D eigenvalue weighted by Gasteiger charge is -2.16. The van der Waals surface area contributed by atoms with E-state index in [1.54, 1.807) is 29.8 Å². The van der Waals surface area contributed by atoms with Crippen LogP contribution >= 0.6 is 34.5 Å². The number of amides is 4. The summed E-state index contributed by atoms with van der Waals surface area (Å²) in [6.07, 6.45) is 4.45.